The number of hydrogen-bond donors (Lipinski definition) is 2. The monoisotopic (exact) mass is 142 g/mol. The molecule has 3 rings (SSSR count). The molecule has 0 aliphatic carbocycles. The number of carbonyl (C=O) groups is 1. The van der Waals surface area contributed by atoms with E-state index >= 15 is 0 Å². The molecule has 10 heavy (non-hydrogen) atoms. The third-order valence-corrected chi connectivity index (χ3v) is 2.16. The van der Waals surface area contributed by atoms with E-state index in [2.05, 4.69) is 5.43 Å². The number of rotatable bonds is 1. The second-order valence-corrected chi connectivity index (χ2v) is 3.03. The van der Waals surface area contributed by atoms with Crippen molar-refractivity contribution in [1.29, 1.82) is 0 Å². The topological polar surface area (TPSA) is 52.6 Å². The molecule has 0 spiro atoms. The summed E-state index contributed by atoms with van der Waals surface area (Å²) in [7, 11) is 0. The van der Waals surface area contributed by atoms with Crippen molar-refractivity contribution < 1.29 is 9.90 Å². The normalized spacial score (nSPS) is 44.2. The van der Waals surface area contributed by atoms with Crippen molar-refractivity contribution in [3.05, 3.63) is 0 Å². The summed E-state index contributed by atoms with van der Waals surface area (Å²) < 4.78 is 0. The van der Waals surface area contributed by atoms with Crippen LogP contribution in [0.15, 0.2) is 0 Å². The Balaban J connectivity index is 1.97. The number of nitrogens with one attached hydrogen (secondary N) is 1. The summed E-state index contributed by atoms with van der Waals surface area (Å²) >= 11 is 0. The zero-order chi connectivity index (χ0) is 7.14. The average molecular weight is 142 g/mol. The maximum Gasteiger partial charge on any atom is 0.322 e. The number of hydrazine groups is 1. The highest BCUT2D eigenvalue weighted by atomic mass is 16.4. The molecule has 1 atom stereocenters. The van der Waals surface area contributed by atoms with E-state index < -0.39 is 5.97 Å². The first-order valence-corrected chi connectivity index (χ1v) is 3.49. The highest BCUT2D eigenvalue weighted by Gasteiger charge is 2.38. The smallest absolute Gasteiger partial charge is 0.322 e. The Morgan fingerprint density at radius 2 is 2.30 bits per heavy atom. The van der Waals surface area contributed by atoms with Crippen LogP contribution >= 0.6 is 0 Å². The lowest BCUT2D eigenvalue weighted by molar-refractivity contribution is -0.148. The Morgan fingerprint density at radius 3 is 2.60 bits per heavy atom. The van der Waals surface area contributed by atoms with Gasteiger partial charge in [-0.25, -0.2) is 10.4 Å². The van der Waals surface area contributed by atoms with Crippen molar-refractivity contribution in [3.8, 4) is 0 Å². The molecule has 1 unspecified atom stereocenters. The predicted molar refractivity (Wildman–Crippen MR) is 34.2 cm³/mol. The molecular formula is C6H10N2O2. The van der Waals surface area contributed by atoms with Crippen molar-refractivity contribution in [2.75, 3.05) is 13.1 Å². The van der Waals surface area contributed by atoms with Gasteiger partial charge in [0.15, 0.2) is 0 Å². The molecular weight excluding hydrogens is 132 g/mol. The maximum atomic E-state index is 10.4. The van der Waals surface area contributed by atoms with Gasteiger partial charge >= 0.3 is 5.97 Å². The van der Waals surface area contributed by atoms with E-state index in [0.717, 1.165) is 19.5 Å². The Morgan fingerprint density at radius 1 is 1.60 bits per heavy atom. The quantitative estimate of drug-likeness (QED) is 0.507. The number of nitrogens with zero attached hydrogens (tertiary/aromatic N) is 1. The zero-order valence-corrected chi connectivity index (χ0v) is 5.58. The summed E-state index contributed by atoms with van der Waals surface area (Å²) in [6, 6.07) is -0.326. The van der Waals surface area contributed by atoms with E-state index in [4.69, 9.17) is 5.11 Å². The van der Waals surface area contributed by atoms with Crippen LogP contribution in [-0.2, 0) is 4.79 Å². The molecule has 56 valence electrons. The predicted octanol–water partition coefficient (Wildman–Crippen LogP) is -0.720. The Hall–Kier alpha value is -0.610. The lowest BCUT2D eigenvalue weighted by Crippen LogP contribution is -2.65. The summed E-state index contributed by atoms with van der Waals surface area (Å²) in [5.41, 5.74) is 2.92. The minimum absolute atomic E-state index is 0.326. The molecule has 4 nitrogen and oxygen atoms in total. The highest BCUT2D eigenvalue weighted by molar-refractivity contribution is 5.73. The van der Waals surface area contributed by atoms with Gasteiger partial charge in [-0.15, -0.1) is 0 Å². The molecule has 0 aromatic carbocycles. The average Bonchev–Trinajstić information content (AvgIpc) is 1.86. The van der Waals surface area contributed by atoms with Gasteiger partial charge in [0.05, 0.1) is 0 Å². The van der Waals surface area contributed by atoms with Gasteiger partial charge in [0.25, 0.3) is 0 Å². The van der Waals surface area contributed by atoms with Gasteiger partial charge in [0.1, 0.15) is 6.04 Å². The third kappa shape index (κ3) is 0.803. The first-order valence-electron chi connectivity index (χ1n) is 3.49. The number of hydrogen-bond acceptors (Lipinski definition) is 3. The van der Waals surface area contributed by atoms with Gasteiger partial charge < -0.3 is 5.11 Å². The van der Waals surface area contributed by atoms with Crippen molar-refractivity contribution in [2.45, 2.75) is 12.5 Å². The van der Waals surface area contributed by atoms with Crippen LogP contribution in [0.5, 0.6) is 0 Å². The fourth-order valence-corrected chi connectivity index (χ4v) is 1.59. The van der Waals surface area contributed by atoms with Crippen LogP contribution in [0.25, 0.3) is 0 Å². The Kier molecular flexibility index (Phi) is 1.18. The third-order valence-electron chi connectivity index (χ3n) is 2.16. The summed E-state index contributed by atoms with van der Waals surface area (Å²) in [5.74, 6) is -0.100. The Labute approximate surface area is 58.8 Å². The minimum atomic E-state index is -0.727. The zero-order valence-electron chi connectivity index (χ0n) is 5.58. The second-order valence-electron chi connectivity index (χ2n) is 3.03. The van der Waals surface area contributed by atoms with E-state index in [9.17, 15) is 4.79 Å². The molecule has 4 heteroatoms. The van der Waals surface area contributed by atoms with Crippen LogP contribution in [0, 0.1) is 5.92 Å². The van der Waals surface area contributed by atoms with Crippen LogP contribution in [0.4, 0.5) is 0 Å². The van der Waals surface area contributed by atoms with Crippen LogP contribution in [-0.4, -0.2) is 35.2 Å². The van der Waals surface area contributed by atoms with Crippen LogP contribution in [0.2, 0.25) is 0 Å². The van der Waals surface area contributed by atoms with Gasteiger partial charge in [-0.2, -0.15) is 0 Å². The number of carboxylic acids is 1. The molecule has 3 fully saturated rings. The standard InChI is InChI=1S/C6H10N2O2/c9-6(10)5-1-4-2-8(3-4)7-5/h4-5,7H,1-3H2,(H,9,10). The van der Waals surface area contributed by atoms with E-state index in [1.54, 1.807) is 0 Å². The molecule has 3 aliphatic heterocycles. The van der Waals surface area contributed by atoms with Crippen molar-refractivity contribution in [1.82, 2.24) is 10.4 Å². The minimum Gasteiger partial charge on any atom is -0.480 e. The first kappa shape index (κ1) is 6.12. The first-order chi connectivity index (χ1) is 4.75. The Bertz CT molecular complexity index is 155. The van der Waals surface area contributed by atoms with Crippen LogP contribution in [0.1, 0.15) is 6.42 Å². The van der Waals surface area contributed by atoms with E-state index in [1.165, 1.54) is 0 Å². The molecule has 2 N–H and O–H groups in total. The number of aliphatic carboxylic acids is 1. The summed E-state index contributed by atoms with van der Waals surface area (Å²) in [5, 5.41) is 10.6. The van der Waals surface area contributed by atoms with Gasteiger partial charge in [0.2, 0.25) is 0 Å². The second kappa shape index (κ2) is 1.93. The summed E-state index contributed by atoms with van der Waals surface area (Å²) in [4.78, 5) is 10.4. The summed E-state index contributed by atoms with van der Waals surface area (Å²) in [6.45, 7) is 2.06. The van der Waals surface area contributed by atoms with Gasteiger partial charge in [-0.1, -0.05) is 0 Å². The van der Waals surface area contributed by atoms with Crippen LogP contribution in [0.3, 0.4) is 0 Å². The maximum absolute atomic E-state index is 10.4. The largest absolute Gasteiger partial charge is 0.480 e. The van der Waals surface area contributed by atoms with Crippen molar-refractivity contribution in [2.24, 2.45) is 5.92 Å². The molecule has 0 saturated carbocycles. The van der Waals surface area contributed by atoms with Crippen molar-refractivity contribution in [3.63, 3.8) is 0 Å². The lowest BCUT2D eigenvalue weighted by atomic mass is 9.91. The molecule has 0 aromatic rings. The van der Waals surface area contributed by atoms with Gasteiger partial charge in [-0.3, -0.25) is 4.79 Å². The molecule has 0 amide bonds. The number of fused-ring (bicyclic) bond motifs is 2. The molecule has 3 aliphatic rings. The molecule has 3 heterocycles. The molecule has 3 saturated heterocycles. The van der Waals surface area contributed by atoms with E-state index in [1.807, 2.05) is 5.01 Å². The van der Waals surface area contributed by atoms with Gasteiger partial charge in [0, 0.05) is 13.1 Å². The summed E-state index contributed by atoms with van der Waals surface area (Å²) in [6.07, 6.45) is 0.797. The van der Waals surface area contributed by atoms with E-state index in [-0.39, 0.29) is 6.04 Å². The number of carboxylic acid groups (broad SMARTS) is 1. The van der Waals surface area contributed by atoms with E-state index in [0.29, 0.717) is 5.92 Å². The fraction of sp³-hybridized carbons (Fsp3) is 0.833. The molecule has 0 aromatic heterocycles. The lowest BCUT2D eigenvalue weighted by Gasteiger charge is -2.47. The van der Waals surface area contributed by atoms with Crippen LogP contribution < -0.4 is 5.43 Å². The molecule has 0 radical (unpaired) electrons. The fourth-order valence-electron chi connectivity index (χ4n) is 1.59. The SMILES string of the molecule is O=C(O)C1CC2CN(C2)N1. The van der Waals surface area contributed by atoms with Crippen molar-refractivity contribution >= 4 is 5.97 Å². The van der Waals surface area contributed by atoms with Gasteiger partial charge in [-0.05, 0) is 12.3 Å². The molecule has 2 bridgehead atoms. The highest BCUT2D eigenvalue weighted by Crippen LogP contribution is 2.24.